The number of pyridine rings is 1. The quantitative estimate of drug-likeness (QED) is 0.494. The first-order valence-electron chi connectivity index (χ1n) is 11.7. The number of carbonyl (C=O) groups excluding carboxylic acids is 1. The van der Waals surface area contributed by atoms with E-state index in [1.165, 1.54) is 5.56 Å². The van der Waals surface area contributed by atoms with Gasteiger partial charge in [-0.2, -0.15) is 0 Å². The fourth-order valence-corrected chi connectivity index (χ4v) is 3.99. The summed E-state index contributed by atoms with van der Waals surface area (Å²) in [7, 11) is 0. The van der Waals surface area contributed by atoms with Gasteiger partial charge in [-0.1, -0.05) is 30.3 Å². The van der Waals surface area contributed by atoms with Crippen molar-refractivity contribution in [2.45, 2.75) is 19.6 Å². The van der Waals surface area contributed by atoms with Gasteiger partial charge in [-0.15, -0.1) is 0 Å². The topological polar surface area (TPSA) is 72.9 Å². The number of aromatic nitrogens is 1. The minimum absolute atomic E-state index is 0.0865. The largest absolute Gasteiger partial charge is 0.490 e. The monoisotopic (exact) mass is 461 g/mol. The summed E-state index contributed by atoms with van der Waals surface area (Å²) in [6.07, 6.45) is 3.46. The van der Waals surface area contributed by atoms with Crippen LogP contribution in [-0.2, 0) is 11.3 Å². The van der Waals surface area contributed by atoms with Crippen molar-refractivity contribution in [2.24, 2.45) is 0 Å². The fraction of sp³-hybridized carbons (Fsp3) is 0.333. The summed E-state index contributed by atoms with van der Waals surface area (Å²) < 4.78 is 17.2. The van der Waals surface area contributed by atoms with Crippen molar-refractivity contribution in [3.63, 3.8) is 0 Å². The molecule has 2 aromatic carbocycles. The zero-order chi connectivity index (χ0) is 23.6. The lowest BCUT2D eigenvalue weighted by Crippen LogP contribution is -2.43. The Kier molecular flexibility index (Phi) is 8.48. The molecule has 7 nitrogen and oxygen atoms in total. The molecule has 7 heteroatoms. The lowest BCUT2D eigenvalue weighted by Gasteiger charge is -2.35. The van der Waals surface area contributed by atoms with Crippen LogP contribution in [0.5, 0.6) is 11.5 Å². The van der Waals surface area contributed by atoms with Gasteiger partial charge in [-0.25, -0.2) is 0 Å². The minimum Gasteiger partial charge on any atom is -0.490 e. The van der Waals surface area contributed by atoms with Crippen molar-refractivity contribution in [3.8, 4) is 11.5 Å². The number of amides is 1. The number of nitrogens with zero attached hydrogens (tertiary/aromatic N) is 2. The van der Waals surface area contributed by atoms with E-state index < -0.39 is 0 Å². The van der Waals surface area contributed by atoms with Crippen LogP contribution in [0.3, 0.4) is 0 Å². The van der Waals surface area contributed by atoms with Crippen LogP contribution in [0.25, 0.3) is 0 Å². The third kappa shape index (κ3) is 6.34. The van der Waals surface area contributed by atoms with Crippen molar-refractivity contribution < 1.29 is 19.0 Å². The molecule has 0 radical (unpaired) electrons. The summed E-state index contributed by atoms with van der Waals surface area (Å²) in [4.78, 5) is 19.4. The molecule has 0 spiro atoms. The second-order valence-electron chi connectivity index (χ2n) is 8.02. The average Bonchev–Trinajstić information content (AvgIpc) is 2.90. The first-order valence-corrected chi connectivity index (χ1v) is 11.7. The van der Waals surface area contributed by atoms with Crippen molar-refractivity contribution in [1.82, 2.24) is 15.2 Å². The van der Waals surface area contributed by atoms with Gasteiger partial charge < -0.3 is 19.5 Å². The summed E-state index contributed by atoms with van der Waals surface area (Å²) in [6.45, 7) is 6.38. The van der Waals surface area contributed by atoms with Gasteiger partial charge in [0, 0.05) is 37.6 Å². The molecule has 3 aromatic rings. The maximum atomic E-state index is 13.1. The number of nitrogens with one attached hydrogen (secondary N) is 1. The van der Waals surface area contributed by atoms with E-state index in [-0.39, 0.29) is 11.9 Å². The molecule has 34 heavy (non-hydrogen) atoms. The highest BCUT2D eigenvalue weighted by Crippen LogP contribution is 2.29. The molecule has 1 fully saturated rings. The van der Waals surface area contributed by atoms with Crippen LogP contribution < -0.4 is 14.8 Å². The minimum atomic E-state index is -0.143. The molecular weight excluding hydrogens is 430 g/mol. The summed E-state index contributed by atoms with van der Waals surface area (Å²) >= 11 is 0. The van der Waals surface area contributed by atoms with E-state index >= 15 is 0 Å². The van der Waals surface area contributed by atoms with E-state index in [0.29, 0.717) is 50.0 Å². The van der Waals surface area contributed by atoms with Crippen molar-refractivity contribution in [1.29, 1.82) is 0 Å². The summed E-state index contributed by atoms with van der Waals surface area (Å²) in [6, 6.07) is 19.5. The highest BCUT2D eigenvalue weighted by atomic mass is 16.5. The smallest absolute Gasteiger partial charge is 0.251 e. The van der Waals surface area contributed by atoms with Crippen LogP contribution in [-0.4, -0.2) is 55.2 Å². The molecular formula is C27H31N3O4. The zero-order valence-corrected chi connectivity index (χ0v) is 19.5. The van der Waals surface area contributed by atoms with Gasteiger partial charge in [0.1, 0.15) is 6.61 Å². The first-order chi connectivity index (χ1) is 16.7. The lowest BCUT2D eigenvalue weighted by atomic mass is 10.0. The standard InChI is InChI=1S/C27H31N3O4/c1-2-33-26-18-23(8-9-25(26)34-20-21-10-12-28-13-11-21)27(31)29-19-24(22-6-4-3-5-7-22)30-14-16-32-17-15-30/h3-13,18,24H,2,14-17,19-20H2,1H3,(H,29,31). The second kappa shape index (κ2) is 12.2. The Morgan fingerprint density at radius 1 is 1.03 bits per heavy atom. The Labute approximate surface area is 200 Å². The molecule has 1 amide bonds. The molecule has 1 aromatic heterocycles. The molecule has 0 bridgehead atoms. The van der Waals surface area contributed by atoms with Gasteiger partial charge in [-0.05, 0) is 48.4 Å². The Morgan fingerprint density at radius 3 is 2.53 bits per heavy atom. The molecule has 1 atom stereocenters. The first kappa shape index (κ1) is 23.7. The number of benzene rings is 2. The van der Waals surface area contributed by atoms with Crippen molar-refractivity contribution in [2.75, 3.05) is 39.5 Å². The number of carbonyl (C=O) groups is 1. The molecule has 1 N–H and O–H groups in total. The normalized spacial score (nSPS) is 14.9. The SMILES string of the molecule is CCOc1cc(C(=O)NCC(c2ccccc2)N2CCOCC2)ccc1OCc1ccncc1. The van der Waals surface area contributed by atoms with Gasteiger partial charge >= 0.3 is 0 Å². The van der Waals surface area contributed by atoms with E-state index in [9.17, 15) is 4.79 Å². The molecule has 1 aliphatic rings. The van der Waals surface area contributed by atoms with Crippen LogP contribution in [0.2, 0.25) is 0 Å². The number of hydrogen-bond acceptors (Lipinski definition) is 6. The number of hydrogen-bond donors (Lipinski definition) is 1. The Morgan fingerprint density at radius 2 is 1.79 bits per heavy atom. The fourth-order valence-electron chi connectivity index (χ4n) is 3.99. The van der Waals surface area contributed by atoms with E-state index in [0.717, 1.165) is 18.7 Å². The van der Waals surface area contributed by atoms with Crippen LogP contribution in [0.4, 0.5) is 0 Å². The predicted octanol–water partition coefficient (Wildman–Crippen LogP) is 3.86. The van der Waals surface area contributed by atoms with Crippen LogP contribution in [0.1, 0.15) is 34.5 Å². The van der Waals surface area contributed by atoms with E-state index in [2.05, 4.69) is 27.3 Å². The van der Waals surface area contributed by atoms with E-state index in [4.69, 9.17) is 14.2 Å². The Bertz CT molecular complexity index is 1040. The van der Waals surface area contributed by atoms with E-state index in [1.54, 1.807) is 30.6 Å². The molecule has 0 aliphatic carbocycles. The highest BCUT2D eigenvalue weighted by molar-refractivity contribution is 5.94. The van der Waals surface area contributed by atoms with Crippen LogP contribution in [0, 0.1) is 0 Å². The molecule has 2 heterocycles. The van der Waals surface area contributed by atoms with Gasteiger partial charge in [0.25, 0.3) is 5.91 Å². The van der Waals surface area contributed by atoms with Crippen molar-refractivity contribution >= 4 is 5.91 Å². The number of ether oxygens (including phenoxy) is 3. The lowest BCUT2D eigenvalue weighted by molar-refractivity contribution is 0.0162. The molecule has 178 valence electrons. The summed E-state index contributed by atoms with van der Waals surface area (Å²) in [5.41, 5.74) is 2.72. The third-order valence-electron chi connectivity index (χ3n) is 5.78. The molecule has 1 aliphatic heterocycles. The second-order valence-corrected chi connectivity index (χ2v) is 8.02. The predicted molar refractivity (Wildman–Crippen MR) is 130 cm³/mol. The summed E-state index contributed by atoms with van der Waals surface area (Å²) in [5, 5.41) is 3.12. The number of morpholine rings is 1. The molecule has 4 rings (SSSR count). The van der Waals surface area contributed by atoms with Gasteiger partial charge in [-0.3, -0.25) is 14.7 Å². The van der Waals surface area contributed by atoms with Crippen LogP contribution >= 0.6 is 0 Å². The van der Waals surface area contributed by atoms with Gasteiger partial charge in [0.15, 0.2) is 11.5 Å². The van der Waals surface area contributed by atoms with Crippen molar-refractivity contribution in [3.05, 3.63) is 89.7 Å². The van der Waals surface area contributed by atoms with E-state index in [1.807, 2.05) is 37.3 Å². The highest BCUT2D eigenvalue weighted by Gasteiger charge is 2.23. The third-order valence-corrected chi connectivity index (χ3v) is 5.78. The molecule has 1 saturated heterocycles. The van der Waals surface area contributed by atoms with Gasteiger partial charge in [0.2, 0.25) is 0 Å². The summed E-state index contributed by atoms with van der Waals surface area (Å²) in [5.74, 6) is 1.01. The maximum absolute atomic E-state index is 13.1. The Hall–Kier alpha value is -3.42. The van der Waals surface area contributed by atoms with Crippen LogP contribution in [0.15, 0.2) is 73.1 Å². The van der Waals surface area contributed by atoms with Gasteiger partial charge in [0.05, 0.1) is 25.9 Å². The zero-order valence-electron chi connectivity index (χ0n) is 19.5. The molecule has 1 unspecified atom stereocenters. The molecule has 0 saturated carbocycles. The maximum Gasteiger partial charge on any atom is 0.251 e. The Balaban J connectivity index is 1.44. The number of rotatable bonds is 10. The average molecular weight is 462 g/mol.